The molecule has 4 aromatic rings. The van der Waals surface area contributed by atoms with E-state index in [1.54, 1.807) is 19.5 Å². The summed E-state index contributed by atoms with van der Waals surface area (Å²) in [6.45, 7) is 0. The highest BCUT2D eigenvalue weighted by Crippen LogP contribution is 2.39. The van der Waals surface area contributed by atoms with Gasteiger partial charge in [0.15, 0.2) is 5.58 Å². The Morgan fingerprint density at radius 1 is 0.870 bits per heavy atom. The van der Waals surface area contributed by atoms with Crippen molar-refractivity contribution in [2.45, 2.75) is 0 Å². The van der Waals surface area contributed by atoms with Gasteiger partial charge in [-0.05, 0) is 18.2 Å². The third kappa shape index (κ3) is 2.34. The van der Waals surface area contributed by atoms with Gasteiger partial charge >= 0.3 is 0 Å². The van der Waals surface area contributed by atoms with E-state index in [1.165, 1.54) is 0 Å². The van der Waals surface area contributed by atoms with Crippen molar-refractivity contribution in [2.24, 2.45) is 0 Å². The average molecular weight is 302 g/mol. The SMILES string of the molecule is COc1ccc(-c2c(-c3ccccc3)oc3cccnc23)cn1. The maximum absolute atomic E-state index is 6.07. The molecule has 0 saturated heterocycles. The number of rotatable bonds is 3. The molecule has 0 bridgehead atoms. The molecule has 3 heterocycles. The topological polar surface area (TPSA) is 48.2 Å². The normalized spacial score (nSPS) is 10.8. The second-order valence-electron chi connectivity index (χ2n) is 5.11. The fourth-order valence-corrected chi connectivity index (χ4v) is 2.64. The van der Waals surface area contributed by atoms with Gasteiger partial charge in [-0.25, -0.2) is 4.98 Å². The molecule has 23 heavy (non-hydrogen) atoms. The van der Waals surface area contributed by atoms with E-state index >= 15 is 0 Å². The molecule has 0 radical (unpaired) electrons. The van der Waals surface area contributed by atoms with Crippen LogP contribution in [0, 0.1) is 0 Å². The third-order valence-electron chi connectivity index (χ3n) is 3.72. The van der Waals surface area contributed by atoms with Crippen LogP contribution in [0.1, 0.15) is 0 Å². The van der Waals surface area contributed by atoms with E-state index in [2.05, 4.69) is 9.97 Å². The van der Waals surface area contributed by atoms with Gasteiger partial charge in [0, 0.05) is 29.6 Å². The molecule has 4 rings (SSSR count). The monoisotopic (exact) mass is 302 g/mol. The smallest absolute Gasteiger partial charge is 0.212 e. The first kappa shape index (κ1) is 13.5. The van der Waals surface area contributed by atoms with Gasteiger partial charge in [0.05, 0.1) is 12.7 Å². The fourth-order valence-electron chi connectivity index (χ4n) is 2.64. The summed E-state index contributed by atoms with van der Waals surface area (Å²) in [5.41, 5.74) is 4.50. The van der Waals surface area contributed by atoms with E-state index in [4.69, 9.17) is 9.15 Å². The van der Waals surface area contributed by atoms with Gasteiger partial charge in [-0.15, -0.1) is 0 Å². The van der Waals surface area contributed by atoms with Crippen molar-refractivity contribution in [3.8, 4) is 28.3 Å². The first-order valence-electron chi connectivity index (χ1n) is 7.30. The van der Waals surface area contributed by atoms with Crippen LogP contribution in [0.2, 0.25) is 0 Å². The number of benzene rings is 1. The fraction of sp³-hybridized carbons (Fsp3) is 0.0526. The Bertz CT molecular complexity index is 944. The number of methoxy groups -OCH3 is 1. The summed E-state index contributed by atoms with van der Waals surface area (Å²) in [5.74, 6) is 1.38. The van der Waals surface area contributed by atoms with Crippen molar-refractivity contribution in [1.82, 2.24) is 9.97 Å². The Hall–Kier alpha value is -3.14. The lowest BCUT2D eigenvalue weighted by atomic mass is 10.0. The minimum atomic E-state index is 0.579. The van der Waals surface area contributed by atoms with Gasteiger partial charge in [-0.3, -0.25) is 4.98 Å². The molecule has 0 aliphatic rings. The number of furan rings is 1. The number of hydrogen-bond donors (Lipinski definition) is 0. The second-order valence-corrected chi connectivity index (χ2v) is 5.11. The lowest BCUT2D eigenvalue weighted by Gasteiger charge is -2.04. The molecule has 4 nitrogen and oxygen atoms in total. The van der Waals surface area contributed by atoms with Crippen LogP contribution in [0.5, 0.6) is 5.88 Å². The summed E-state index contributed by atoms with van der Waals surface area (Å²) in [6, 6.07) is 17.6. The molecule has 3 aromatic heterocycles. The van der Waals surface area contributed by atoms with Gasteiger partial charge in [-0.2, -0.15) is 0 Å². The molecule has 0 aliphatic carbocycles. The van der Waals surface area contributed by atoms with Crippen molar-refractivity contribution in [1.29, 1.82) is 0 Å². The molecule has 112 valence electrons. The molecular weight excluding hydrogens is 288 g/mol. The first-order valence-corrected chi connectivity index (χ1v) is 7.30. The second kappa shape index (κ2) is 5.57. The number of aromatic nitrogens is 2. The van der Waals surface area contributed by atoms with Crippen LogP contribution in [0.3, 0.4) is 0 Å². The molecule has 0 spiro atoms. The van der Waals surface area contributed by atoms with Gasteiger partial charge in [0.25, 0.3) is 0 Å². The predicted molar refractivity (Wildman–Crippen MR) is 89.2 cm³/mol. The average Bonchev–Trinajstić information content (AvgIpc) is 3.02. The Labute approximate surface area is 133 Å². The molecule has 0 atom stereocenters. The van der Waals surface area contributed by atoms with E-state index in [9.17, 15) is 0 Å². The van der Waals surface area contributed by atoms with Crippen LogP contribution in [0.15, 0.2) is 71.4 Å². The number of pyridine rings is 2. The molecule has 4 heteroatoms. The zero-order chi connectivity index (χ0) is 15.6. The van der Waals surface area contributed by atoms with Crippen molar-refractivity contribution in [3.05, 3.63) is 67.0 Å². The van der Waals surface area contributed by atoms with Crippen molar-refractivity contribution in [2.75, 3.05) is 7.11 Å². The van der Waals surface area contributed by atoms with Crippen molar-refractivity contribution >= 4 is 11.1 Å². The van der Waals surface area contributed by atoms with E-state index in [0.717, 1.165) is 33.6 Å². The lowest BCUT2D eigenvalue weighted by molar-refractivity contribution is 0.398. The zero-order valence-corrected chi connectivity index (χ0v) is 12.6. The Balaban J connectivity index is 1.99. The van der Waals surface area contributed by atoms with E-state index < -0.39 is 0 Å². The summed E-state index contributed by atoms with van der Waals surface area (Å²) >= 11 is 0. The van der Waals surface area contributed by atoms with E-state index in [1.807, 2.05) is 54.6 Å². The summed E-state index contributed by atoms with van der Waals surface area (Å²) < 4.78 is 11.2. The van der Waals surface area contributed by atoms with Crippen LogP contribution >= 0.6 is 0 Å². The molecule has 0 saturated carbocycles. The molecule has 0 aliphatic heterocycles. The summed E-state index contributed by atoms with van der Waals surface area (Å²) in [7, 11) is 1.60. The third-order valence-corrected chi connectivity index (χ3v) is 3.72. The Morgan fingerprint density at radius 2 is 1.74 bits per heavy atom. The largest absolute Gasteiger partial charge is 0.481 e. The highest BCUT2D eigenvalue weighted by atomic mass is 16.5. The molecule has 1 aromatic carbocycles. The summed E-state index contributed by atoms with van der Waals surface area (Å²) in [4.78, 5) is 8.80. The quantitative estimate of drug-likeness (QED) is 0.556. The highest BCUT2D eigenvalue weighted by Gasteiger charge is 2.18. The number of fused-ring (bicyclic) bond motifs is 1. The maximum atomic E-state index is 6.07. The number of nitrogens with zero attached hydrogens (tertiary/aromatic N) is 2. The standard InChI is InChI=1S/C19H14N2O2/c1-22-16-10-9-14(12-21-16)17-18-15(8-5-11-20-18)23-19(17)13-6-3-2-4-7-13/h2-12H,1H3. The molecule has 0 fully saturated rings. The minimum absolute atomic E-state index is 0.579. The Morgan fingerprint density at radius 3 is 2.48 bits per heavy atom. The van der Waals surface area contributed by atoms with Gasteiger partial charge in [0.1, 0.15) is 11.3 Å². The zero-order valence-electron chi connectivity index (χ0n) is 12.6. The van der Waals surface area contributed by atoms with Crippen LogP contribution in [-0.2, 0) is 0 Å². The first-order chi connectivity index (χ1) is 11.4. The van der Waals surface area contributed by atoms with E-state index in [-0.39, 0.29) is 0 Å². The molecule has 0 amide bonds. The summed E-state index contributed by atoms with van der Waals surface area (Å²) in [5, 5.41) is 0. The van der Waals surface area contributed by atoms with Gasteiger partial charge in [-0.1, -0.05) is 30.3 Å². The predicted octanol–water partition coefficient (Wildman–Crippen LogP) is 4.57. The van der Waals surface area contributed by atoms with Crippen LogP contribution < -0.4 is 4.74 Å². The Kier molecular flexibility index (Phi) is 3.27. The van der Waals surface area contributed by atoms with Gasteiger partial charge in [0.2, 0.25) is 5.88 Å². The van der Waals surface area contributed by atoms with Gasteiger partial charge < -0.3 is 9.15 Å². The highest BCUT2D eigenvalue weighted by molar-refractivity contribution is 5.99. The minimum Gasteiger partial charge on any atom is -0.481 e. The lowest BCUT2D eigenvalue weighted by Crippen LogP contribution is -1.88. The number of ether oxygens (including phenoxy) is 1. The molecule has 0 N–H and O–H groups in total. The van der Waals surface area contributed by atoms with Crippen molar-refractivity contribution < 1.29 is 9.15 Å². The van der Waals surface area contributed by atoms with E-state index in [0.29, 0.717) is 5.88 Å². The summed E-state index contributed by atoms with van der Waals surface area (Å²) in [6.07, 6.45) is 3.55. The molecule has 0 unspecified atom stereocenters. The number of hydrogen-bond acceptors (Lipinski definition) is 4. The van der Waals surface area contributed by atoms with Crippen LogP contribution in [-0.4, -0.2) is 17.1 Å². The molecular formula is C19H14N2O2. The van der Waals surface area contributed by atoms with Crippen molar-refractivity contribution in [3.63, 3.8) is 0 Å². The van der Waals surface area contributed by atoms with Crippen LogP contribution in [0.4, 0.5) is 0 Å². The maximum Gasteiger partial charge on any atom is 0.212 e. The van der Waals surface area contributed by atoms with Crippen LogP contribution in [0.25, 0.3) is 33.6 Å².